The minimum Gasteiger partial charge on any atom is -0.326 e. The highest BCUT2D eigenvalue weighted by Crippen LogP contribution is 2.21. The number of thiazole rings is 1. The number of rotatable bonds is 3. The molecule has 3 aromatic heterocycles. The Hall–Kier alpha value is -2.01. The van der Waals surface area contributed by atoms with Crippen LogP contribution in [0, 0.1) is 0 Å². The smallest absolute Gasteiger partial charge is 0.151 e. The first-order valence-electron chi connectivity index (χ1n) is 5.22. The van der Waals surface area contributed by atoms with E-state index in [1.807, 2.05) is 36.4 Å². The first kappa shape index (κ1) is 10.2. The Morgan fingerprint density at radius 2 is 2.18 bits per heavy atom. The van der Waals surface area contributed by atoms with E-state index in [1.165, 1.54) is 0 Å². The van der Waals surface area contributed by atoms with Gasteiger partial charge in [-0.05, 0) is 11.6 Å². The lowest BCUT2D eigenvalue weighted by Gasteiger charge is -2.05. The van der Waals surface area contributed by atoms with Crippen molar-refractivity contribution < 1.29 is 0 Å². The summed E-state index contributed by atoms with van der Waals surface area (Å²) in [6, 6.07) is 4.00. The summed E-state index contributed by atoms with van der Waals surface area (Å²) in [7, 11) is 0. The Morgan fingerprint density at radius 3 is 2.94 bits per heavy atom. The number of hydrogen-bond acceptors (Lipinski definition) is 4. The van der Waals surface area contributed by atoms with Crippen LogP contribution < -0.4 is 0 Å². The first-order chi connectivity index (χ1) is 8.43. The zero-order chi connectivity index (χ0) is 11.5. The van der Waals surface area contributed by atoms with Gasteiger partial charge in [0, 0.05) is 31.0 Å². The number of imidazole rings is 1. The van der Waals surface area contributed by atoms with Gasteiger partial charge >= 0.3 is 0 Å². The number of aromatic nitrogens is 4. The third-order valence-electron chi connectivity index (χ3n) is 2.44. The Labute approximate surface area is 103 Å². The highest BCUT2D eigenvalue weighted by Gasteiger charge is 2.07. The molecule has 4 nitrogen and oxygen atoms in total. The molecule has 84 valence electrons. The van der Waals surface area contributed by atoms with E-state index in [2.05, 4.69) is 25.6 Å². The third kappa shape index (κ3) is 2.09. The Morgan fingerprint density at radius 1 is 1.18 bits per heavy atom. The van der Waals surface area contributed by atoms with Crippen LogP contribution in [0.3, 0.4) is 0 Å². The van der Waals surface area contributed by atoms with Gasteiger partial charge in [0.1, 0.15) is 0 Å². The lowest BCUT2D eigenvalue weighted by molar-refractivity contribution is 0.804. The van der Waals surface area contributed by atoms with Crippen LogP contribution in [0.25, 0.3) is 10.7 Å². The van der Waals surface area contributed by atoms with E-state index in [4.69, 9.17) is 0 Å². The second-order valence-corrected chi connectivity index (χ2v) is 4.49. The third-order valence-corrected chi connectivity index (χ3v) is 3.21. The largest absolute Gasteiger partial charge is 0.326 e. The van der Waals surface area contributed by atoms with Gasteiger partial charge in [0.05, 0.1) is 16.9 Å². The topological polar surface area (TPSA) is 43.6 Å². The van der Waals surface area contributed by atoms with Gasteiger partial charge < -0.3 is 4.57 Å². The van der Waals surface area contributed by atoms with Crippen molar-refractivity contribution in [3.8, 4) is 10.7 Å². The van der Waals surface area contributed by atoms with Gasteiger partial charge in [-0.1, -0.05) is 6.07 Å². The summed E-state index contributed by atoms with van der Waals surface area (Å²) in [5.41, 5.74) is 2.98. The zero-order valence-corrected chi connectivity index (χ0v) is 9.84. The van der Waals surface area contributed by atoms with Crippen LogP contribution in [-0.2, 0) is 6.54 Å². The molecule has 0 atom stereocenters. The predicted octanol–water partition coefficient (Wildman–Crippen LogP) is 2.45. The summed E-state index contributed by atoms with van der Waals surface area (Å²) in [6.07, 6.45) is 9.28. The van der Waals surface area contributed by atoms with Crippen LogP contribution in [0.4, 0.5) is 0 Å². The first-order valence-corrected chi connectivity index (χ1v) is 6.10. The molecule has 0 aromatic carbocycles. The molecule has 0 spiro atoms. The molecule has 0 radical (unpaired) electrons. The van der Waals surface area contributed by atoms with E-state index in [1.54, 1.807) is 17.5 Å². The van der Waals surface area contributed by atoms with Crippen molar-refractivity contribution in [2.24, 2.45) is 0 Å². The van der Waals surface area contributed by atoms with Gasteiger partial charge in [-0.3, -0.25) is 9.97 Å². The summed E-state index contributed by atoms with van der Waals surface area (Å²) in [4.78, 5) is 13.6. The maximum absolute atomic E-state index is 4.37. The average molecular weight is 242 g/mol. The summed E-state index contributed by atoms with van der Waals surface area (Å²) in [5.74, 6) is 0.955. The molecule has 0 aliphatic carbocycles. The zero-order valence-electron chi connectivity index (χ0n) is 9.02. The van der Waals surface area contributed by atoms with E-state index in [0.717, 1.165) is 22.8 Å². The molecule has 0 amide bonds. The molecule has 0 saturated carbocycles. The molecule has 5 heteroatoms. The van der Waals surface area contributed by atoms with Crippen LogP contribution in [0.5, 0.6) is 0 Å². The Balaban J connectivity index is 1.92. The van der Waals surface area contributed by atoms with Gasteiger partial charge in [0.25, 0.3) is 0 Å². The molecule has 0 bridgehead atoms. The van der Waals surface area contributed by atoms with Gasteiger partial charge in [0.2, 0.25) is 0 Å². The molecule has 0 aliphatic heterocycles. The maximum atomic E-state index is 4.37. The van der Waals surface area contributed by atoms with Crippen molar-refractivity contribution in [2.45, 2.75) is 6.54 Å². The molecule has 0 aliphatic rings. The Bertz CT molecular complexity index is 586. The molecular formula is C12H10N4S. The SMILES string of the molecule is c1cncc(Cn2ccnc2-c2cncs2)c1. The molecular weight excluding hydrogens is 232 g/mol. The second-order valence-electron chi connectivity index (χ2n) is 3.61. The van der Waals surface area contributed by atoms with Crippen molar-refractivity contribution in [3.63, 3.8) is 0 Å². The molecule has 0 saturated heterocycles. The molecule has 3 heterocycles. The van der Waals surface area contributed by atoms with Crippen LogP contribution in [0.1, 0.15) is 5.56 Å². The van der Waals surface area contributed by atoms with Crippen molar-refractivity contribution >= 4 is 11.3 Å². The van der Waals surface area contributed by atoms with E-state index < -0.39 is 0 Å². The fourth-order valence-corrected chi connectivity index (χ4v) is 2.31. The standard InChI is InChI=1S/C12H10N4S/c1-2-10(6-13-3-1)8-16-5-4-15-12(16)11-7-14-9-17-11/h1-7,9H,8H2. The lowest BCUT2D eigenvalue weighted by atomic mass is 10.3. The van der Waals surface area contributed by atoms with Gasteiger partial charge in [-0.2, -0.15) is 0 Å². The molecule has 0 fully saturated rings. The minimum absolute atomic E-state index is 0.779. The monoisotopic (exact) mass is 242 g/mol. The highest BCUT2D eigenvalue weighted by molar-refractivity contribution is 7.13. The summed E-state index contributed by atoms with van der Waals surface area (Å²) in [5, 5.41) is 0. The maximum Gasteiger partial charge on any atom is 0.151 e. The fourth-order valence-electron chi connectivity index (χ4n) is 1.68. The highest BCUT2D eigenvalue weighted by atomic mass is 32.1. The summed E-state index contributed by atoms with van der Waals surface area (Å²) < 4.78 is 2.10. The van der Waals surface area contributed by atoms with Crippen LogP contribution in [0.2, 0.25) is 0 Å². The molecule has 0 unspecified atom stereocenters. The minimum atomic E-state index is 0.779. The van der Waals surface area contributed by atoms with Gasteiger partial charge in [-0.25, -0.2) is 4.98 Å². The quantitative estimate of drug-likeness (QED) is 0.708. The molecule has 3 aromatic rings. The number of hydrogen-bond donors (Lipinski definition) is 0. The van der Waals surface area contributed by atoms with Crippen molar-refractivity contribution in [2.75, 3.05) is 0 Å². The number of nitrogens with zero attached hydrogens (tertiary/aromatic N) is 4. The van der Waals surface area contributed by atoms with Gasteiger partial charge in [0.15, 0.2) is 5.82 Å². The molecule has 17 heavy (non-hydrogen) atoms. The average Bonchev–Trinajstić information content (AvgIpc) is 3.00. The predicted molar refractivity (Wildman–Crippen MR) is 66.7 cm³/mol. The van der Waals surface area contributed by atoms with E-state index >= 15 is 0 Å². The van der Waals surface area contributed by atoms with E-state index in [9.17, 15) is 0 Å². The summed E-state index contributed by atoms with van der Waals surface area (Å²) in [6.45, 7) is 0.779. The van der Waals surface area contributed by atoms with Crippen LogP contribution in [0.15, 0.2) is 48.6 Å². The van der Waals surface area contributed by atoms with E-state index in [0.29, 0.717) is 0 Å². The van der Waals surface area contributed by atoms with Crippen molar-refractivity contribution in [1.29, 1.82) is 0 Å². The van der Waals surface area contributed by atoms with E-state index in [-0.39, 0.29) is 0 Å². The second kappa shape index (κ2) is 4.47. The molecule has 3 rings (SSSR count). The van der Waals surface area contributed by atoms with Crippen molar-refractivity contribution in [1.82, 2.24) is 19.5 Å². The Kier molecular flexibility index (Phi) is 2.67. The normalized spacial score (nSPS) is 10.6. The van der Waals surface area contributed by atoms with Crippen LogP contribution >= 0.6 is 11.3 Å². The van der Waals surface area contributed by atoms with Crippen LogP contribution in [-0.4, -0.2) is 19.5 Å². The summed E-state index contributed by atoms with van der Waals surface area (Å²) >= 11 is 1.60. The van der Waals surface area contributed by atoms with Gasteiger partial charge in [-0.15, -0.1) is 11.3 Å². The van der Waals surface area contributed by atoms with Crippen molar-refractivity contribution in [3.05, 3.63) is 54.2 Å². The lowest BCUT2D eigenvalue weighted by Crippen LogP contribution is -2.00. The fraction of sp³-hybridized carbons (Fsp3) is 0.0833. The number of pyridine rings is 1. The molecule has 0 N–H and O–H groups in total.